The Kier molecular flexibility index (Phi) is 2.88. The van der Waals surface area contributed by atoms with Crippen LogP contribution in [0.3, 0.4) is 0 Å². The Labute approximate surface area is 99.9 Å². The van der Waals surface area contributed by atoms with Gasteiger partial charge < -0.3 is 15.6 Å². The van der Waals surface area contributed by atoms with E-state index in [-0.39, 0.29) is 5.92 Å². The fourth-order valence-electron chi connectivity index (χ4n) is 1.73. The van der Waals surface area contributed by atoms with Gasteiger partial charge in [0.1, 0.15) is 0 Å². The maximum Gasteiger partial charge on any atom is 0.203 e. The minimum absolute atomic E-state index is 0.0294. The number of fused-ring (bicyclic) bond motifs is 1. The summed E-state index contributed by atoms with van der Waals surface area (Å²) < 4.78 is 0. The molecule has 1 atom stereocenters. The second kappa shape index (κ2) is 4.34. The molecule has 5 nitrogen and oxygen atoms in total. The number of hydrogen-bond donors (Lipinski definition) is 2. The van der Waals surface area contributed by atoms with Crippen molar-refractivity contribution in [3.63, 3.8) is 0 Å². The Morgan fingerprint density at radius 2 is 2.35 bits per heavy atom. The number of nitriles is 1. The highest BCUT2D eigenvalue weighted by Gasteiger charge is 2.10. The van der Waals surface area contributed by atoms with E-state index in [0.717, 1.165) is 17.0 Å². The molecule has 0 fully saturated rings. The molecule has 0 aliphatic heterocycles. The highest BCUT2D eigenvalue weighted by atomic mass is 15.2. The molecule has 0 saturated heterocycles. The number of nitrogens with two attached hydrogens (primary N) is 1. The number of benzene rings is 1. The number of nitrogen functional groups attached to an aromatic ring is 1. The van der Waals surface area contributed by atoms with Gasteiger partial charge in [-0.2, -0.15) is 5.26 Å². The first-order valence-corrected chi connectivity index (χ1v) is 5.46. The fourth-order valence-corrected chi connectivity index (χ4v) is 1.73. The average Bonchev–Trinajstić information content (AvgIpc) is 2.71. The van der Waals surface area contributed by atoms with E-state index in [1.165, 1.54) is 0 Å². The zero-order valence-corrected chi connectivity index (χ0v) is 9.94. The SMILES string of the molecule is CC(C#N)CN(C)c1nc2ccc(N)cc2[nH]1. The predicted octanol–water partition coefficient (Wildman–Crippen LogP) is 1.74. The van der Waals surface area contributed by atoms with E-state index in [9.17, 15) is 0 Å². The highest BCUT2D eigenvalue weighted by molar-refractivity contribution is 5.80. The third-order valence-corrected chi connectivity index (χ3v) is 2.62. The Bertz CT molecular complexity index is 566. The van der Waals surface area contributed by atoms with Gasteiger partial charge in [0.15, 0.2) is 0 Å². The van der Waals surface area contributed by atoms with Crippen molar-refractivity contribution in [2.75, 3.05) is 24.2 Å². The van der Waals surface area contributed by atoms with E-state index in [2.05, 4.69) is 16.0 Å². The summed E-state index contributed by atoms with van der Waals surface area (Å²) in [6.45, 7) is 2.53. The van der Waals surface area contributed by atoms with Gasteiger partial charge in [0.2, 0.25) is 5.95 Å². The molecule has 3 N–H and O–H groups in total. The highest BCUT2D eigenvalue weighted by Crippen LogP contribution is 2.19. The maximum atomic E-state index is 8.78. The largest absolute Gasteiger partial charge is 0.399 e. The monoisotopic (exact) mass is 229 g/mol. The Balaban J connectivity index is 2.27. The predicted molar refractivity (Wildman–Crippen MR) is 68.6 cm³/mol. The molecule has 17 heavy (non-hydrogen) atoms. The van der Waals surface area contributed by atoms with Crippen LogP contribution in [0.4, 0.5) is 11.6 Å². The van der Waals surface area contributed by atoms with E-state index < -0.39 is 0 Å². The molecule has 0 radical (unpaired) electrons. The maximum absolute atomic E-state index is 8.78. The molecular weight excluding hydrogens is 214 g/mol. The summed E-state index contributed by atoms with van der Waals surface area (Å²) in [6, 6.07) is 7.77. The first kappa shape index (κ1) is 11.3. The standard InChI is InChI=1S/C12H15N5/c1-8(6-13)7-17(2)12-15-10-4-3-9(14)5-11(10)16-12/h3-5,8H,7,14H2,1-2H3,(H,15,16). The first-order chi connectivity index (χ1) is 8.10. The van der Waals surface area contributed by atoms with Crippen molar-refractivity contribution in [1.29, 1.82) is 5.26 Å². The number of anilines is 2. The number of hydrogen-bond acceptors (Lipinski definition) is 4. The number of rotatable bonds is 3. The van der Waals surface area contributed by atoms with Crippen molar-refractivity contribution in [2.45, 2.75) is 6.92 Å². The molecule has 1 unspecified atom stereocenters. The van der Waals surface area contributed by atoms with Gasteiger partial charge in [-0.25, -0.2) is 4.98 Å². The molecule has 0 saturated carbocycles. The Morgan fingerprint density at radius 1 is 1.59 bits per heavy atom. The van der Waals surface area contributed by atoms with Crippen LogP contribution in [0.25, 0.3) is 11.0 Å². The molecular formula is C12H15N5. The topological polar surface area (TPSA) is 81.7 Å². The lowest BCUT2D eigenvalue weighted by Crippen LogP contribution is -2.24. The Morgan fingerprint density at radius 3 is 3.06 bits per heavy atom. The molecule has 1 aromatic carbocycles. The van der Waals surface area contributed by atoms with Crippen LogP contribution in [0.15, 0.2) is 18.2 Å². The van der Waals surface area contributed by atoms with Gasteiger partial charge in [-0.1, -0.05) is 0 Å². The molecule has 2 aromatic rings. The lowest BCUT2D eigenvalue weighted by atomic mass is 10.2. The number of aromatic nitrogens is 2. The molecule has 1 heterocycles. The summed E-state index contributed by atoms with van der Waals surface area (Å²) in [5.41, 5.74) is 8.21. The van der Waals surface area contributed by atoms with Crippen molar-refractivity contribution >= 4 is 22.7 Å². The molecule has 2 rings (SSSR count). The average molecular weight is 229 g/mol. The summed E-state index contributed by atoms with van der Waals surface area (Å²) in [6.07, 6.45) is 0. The van der Waals surface area contributed by atoms with Crippen LogP contribution in [-0.2, 0) is 0 Å². The van der Waals surface area contributed by atoms with Crippen LogP contribution in [0.1, 0.15) is 6.92 Å². The normalized spacial score (nSPS) is 12.3. The second-order valence-electron chi connectivity index (χ2n) is 4.25. The van der Waals surface area contributed by atoms with Crippen molar-refractivity contribution in [2.24, 2.45) is 5.92 Å². The van der Waals surface area contributed by atoms with Crippen molar-refractivity contribution in [3.8, 4) is 6.07 Å². The van der Waals surface area contributed by atoms with E-state index >= 15 is 0 Å². The van der Waals surface area contributed by atoms with Gasteiger partial charge >= 0.3 is 0 Å². The van der Waals surface area contributed by atoms with Crippen molar-refractivity contribution in [3.05, 3.63) is 18.2 Å². The molecule has 0 aliphatic rings. The lowest BCUT2D eigenvalue weighted by molar-refractivity contribution is 0.706. The summed E-state index contributed by atoms with van der Waals surface area (Å²) in [4.78, 5) is 9.57. The van der Waals surface area contributed by atoms with E-state index in [1.807, 2.05) is 37.1 Å². The van der Waals surface area contributed by atoms with Crippen LogP contribution in [0, 0.1) is 17.2 Å². The van der Waals surface area contributed by atoms with Gasteiger partial charge in [0.25, 0.3) is 0 Å². The minimum atomic E-state index is -0.0294. The van der Waals surface area contributed by atoms with Gasteiger partial charge in [-0.3, -0.25) is 0 Å². The van der Waals surface area contributed by atoms with Gasteiger partial charge in [-0.15, -0.1) is 0 Å². The third-order valence-electron chi connectivity index (χ3n) is 2.62. The van der Waals surface area contributed by atoms with Crippen LogP contribution in [0.2, 0.25) is 0 Å². The lowest BCUT2D eigenvalue weighted by Gasteiger charge is -2.16. The molecule has 0 amide bonds. The van der Waals surface area contributed by atoms with E-state index in [0.29, 0.717) is 12.2 Å². The molecule has 0 aliphatic carbocycles. The van der Waals surface area contributed by atoms with Crippen molar-refractivity contribution in [1.82, 2.24) is 9.97 Å². The number of aromatic amines is 1. The minimum Gasteiger partial charge on any atom is -0.399 e. The summed E-state index contributed by atoms with van der Waals surface area (Å²) in [7, 11) is 1.91. The summed E-state index contributed by atoms with van der Waals surface area (Å²) >= 11 is 0. The van der Waals surface area contributed by atoms with Gasteiger partial charge in [-0.05, 0) is 25.1 Å². The van der Waals surface area contributed by atoms with Gasteiger partial charge in [0.05, 0.1) is 23.0 Å². The van der Waals surface area contributed by atoms with Crippen LogP contribution < -0.4 is 10.6 Å². The number of imidazole rings is 1. The molecule has 1 aromatic heterocycles. The summed E-state index contributed by atoms with van der Waals surface area (Å²) in [5, 5.41) is 8.78. The zero-order valence-electron chi connectivity index (χ0n) is 9.94. The van der Waals surface area contributed by atoms with Gasteiger partial charge in [0, 0.05) is 19.3 Å². The molecule has 0 spiro atoms. The van der Waals surface area contributed by atoms with Crippen LogP contribution in [-0.4, -0.2) is 23.6 Å². The Hall–Kier alpha value is -2.22. The van der Waals surface area contributed by atoms with Crippen LogP contribution >= 0.6 is 0 Å². The number of nitrogens with one attached hydrogen (secondary N) is 1. The zero-order chi connectivity index (χ0) is 12.4. The van der Waals surface area contributed by atoms with Crippen molar-refractivity contribution < 1.29 is 0 Å². The molecule has 5 heteroatoms. The number of nitrogens with zero attached hydrogens (tertiary/aromatic N) is 3. The third kappa shape index (κ3) is 2.31. The van der Waals surface area contributed by atoms with E-state index in [4.69, 9.17) is 11.0 Å². The van der Waals surface area contributed by atoms with E-state index in [1.54, 1.807) is 0 Å². The summed E-state index contributed by atoms with van der Waals surface area (Å²) in [5.74, 6) is 0.728. The first-order valence-electron chi connectivity index (χ1n) is 5.46. The number of H-pyrrole nitrogens is 1. The second-order valence-corrected chi connectivity index (χ2v) is 4.25. The fraction of sp³-hybridized carbons (Fsp3) is 0.333. The molecule has 88 valence electrons. The molecule has 0 bridgehead atoms. The smallest absolute Gasteiger partial charge is 0.203 e. The van der Waals surface area contributed by atoms with Crippen LogP contribution in [0.5, 0.6) is 0 Å². The quantitative estimate of drug-likeness (QED) is 0.785.